The van der Waals surface area contributed by atoms with Crippen LogP contribution in [0.1, 0.15) is 24.6 Å². The minimum Gasteiger partial charge on any atom is -0.466 e. The number of carbonyl (C=O) groups excluding carboxylic acids is 1. The number of pyridine rings is 1. The molecule has 0 aliphatic carbocycles. The van der Waals surface area contributed by atoms with E-state index in [1.807, 2.05) is 0 Å². The summed E-state index contributed by atoms with van der Waals surface area (Å²) in [6.45, 7) is 1.90. The van der Waals surface area contributed by atoms with E-state index in [9.17, 15) is 13.6 Å². The Labute approximate surface area is 96.4 Å². The van der Waals surface area contributed by atoms with Crippen LogP contribution >= 0.6 is 11.6 Å². The molecular formula is C10H10ClF2NO2. The van der Waals surface area contributed by atoms with Crippen LogP contribution in [0.5, 0.6) is 0 Å². The molecule has 0 saturated heterocycles. The minimum atomic E-state index is -2.75. The first-order chi connectivity index (χ1) is 7.56. The molecular weight excluding hydrogens is 240 g/mol. The van der Waals surface area contributed by atoms with Gasteiger partial charge in [-0.05, 0) is 18.6 Å². The number of alkyl halides is 2. The Kier molecular flexibility index (Phi) is 4.61. The molecule has 0 radical (unpaired) electrons. The standard InChI is InChI=1S/C10H10ClF2NO2/c1-2-16-7(15)5-6-3-4-14-9(8(6)11)10(12)13/h3-4,10H,2,5H2,1H3. The zero-order chi connectivity index (χ0) is 12.1. The van der Waals surface area contributed by atoms with Crippen molar-refractivity contribution < 1.29 is 18.3 Å². The third-order valence-electron chi connectivity index (χ3n) is 1.84. The van der Waals surface area contributed by atoms with Crippen molar-refractivity contribution in [3.63, 3.8) is 0 Å². The largest absolute Gasteiger partial charge is 0.466 e. The maximum atomic E-state index is 12.4. The fourth-order valence-electron chi connectivity index (χ4n) is 1.16. The Bertz CT molecular complexity index is 385. The molecule has 0 fully saturated rings. The van der Waals surface area contributed by atoms with E-state index in [0.29, 0.717) is 5.56 Å². The van der Waals surface area contributed by atoms with Crippen molar-refractivity contribution in [1.29, 1.82) is 0 Å². The molecule has 0 aliphatic rings. The van der Waals surface area contributed by atoms with E-state index in [1.54, 1.807) is 6.92 Å². The highest BCUT2D eigenvalue weighted by Gasteiger charge is 2.17. The number of ether oxygens (including phenoxy) is 1. The molecule has 0 aromatic carbocycles. The Balaban J connectivity index is 2.89. The highest BCUT2D eigenvalue weighted by molar-refractivity contribution is 6.32. The number of rotatable bonds is 4. The van der Waals surface area contributed by atoms with Crippen LogP contribution in [0, 0.1) is 0 Å². The smallest absolute Gasteiger partial charge is 0.310 e. The van der Waals surface area contributed by atoms with Crippen molar-refractivity contribution in [3.05, 3.63) is 28.5 Å². The Morgan fingerprint density at radius 2 is 2.31 bits per heavy atom. The number of halogens is 3. The number of hydrogen-bond donors (Lipinski definition) is 0. The molecule has 0 aliphatic heterocycles. The zero-order valence-electron chi connectivity index (χ0n) is 8.54. The van der Waals surface area contributed by atoms with E-state index in [4.69, 9.17) is 16.3 Å². The predicted molar refractivity (Wildman–Crippen MR) is 54.5 cm³/mol. The van der Waals surface area contributed by atoms with Gasteiger partial charge in [-0.3, -0.25) is 9.78 Å². The van der Waals surface area contributed by atoms with Crippen LogP contribution in [-0.4, -0.2) is 17.6 Å². The summed E-state index contributed by atoms with van der Waals surface area (Å²) >= 11 is 5.70. The fourth-order valence-corrected chi connectivity index (χ4v) is 1.42. The van der Waals surface area contributed by atoms with Crippen LogP contribution in [0.25, 0.3) is 0 Å². The van der Waals surface area contributed by atoms with Gasteiger partial charge in [0.05, 0.1) is 18.1 Å². The lowest BCUT2D eigenvalue weighted by Crippen LogP contribution is -2.09. The fraction of sp³-hybridized carbons (Fsp3) is 0.400. The summed E-state index contributed by atoms with van der Waals surface area (Å²) in [5.41, 5.74) is -0.214. The molecule has 0 saturated carbocycles. The molecule has 3 nitrogen and oxygen atoms in total. The summed E-state index contributed by atoms with van der Waals surface area (Å²) in [6, 6.07) is 1.42. The quantitative estimate of drug-likeness (QED) is 0.771. The van der Waals surface area contributed by atoms with Crippen molar-refractivity contribution in [1.82, 2.24) is 4.98 Å². The van der Waals surface area contributed by atoms with E-state index in [-0.39, 0.29) is 18.1 Å². The third kappa shape index (κ3) is 3.13. The second kappa shape index (κ2) is 5.75. The Hall–Kier alpha value is -1.23. The van der Waals surface area contributed by atoms with Crippen molar-refractivity contribution in [3.8, 4) is 0 Å². The van der Waals surface area contributed by atoms with Gasteiger partial charge in [-0.15, -0.1) is 0 Å². The van der Waals surface area contributed by atoms with Gasteiger partial charge in [0.15, 0.2) is 0 Å². The van der Waals surface area contributed by atoms with Crippen LogP contribution in [-0.2, 0) is 16.0 Å². The number of nitrogens with zero attached hydrogens (tertiary/aromatic N) is 1. The lowest BCUT2D eigenvalue weighted by molar-refractivity contribution is -0.142. The van der Waals surface area contributed by atoms with E-state index >= 15 is 0 Å². The van der Waals surface area contributed by atoms with Gasteiger partial charge in [0, 0.05) is 6.20 Å². The topological polar surface area (TPSA) is 39.2 Å². The number of aromatic nitrogens is 1. The lowest BCUT2D eigenvalue weighted by Gasteiger charge is -2.07. The molecule has 0 bridgehead atoms. The molecule has 88 valence electrons. The van der Waals surface area contributed by atoms with Gasteiger partial charge in [0.1, 0.15) is 5.69 Å². The summed E-state index contributed by atoms with van der Waals surface area (Å²) in [6.07, 6.45) is -1.69. The molecule has 0 spiro atoms. The van der Waals surface area contributed by atoms with Crippen LogP contribution in [0.15, 0.2) is 12.3 Å². The van der Waals surface area contributed by atoms with Gasteiger partial charge in [-0.1, -0.05) is 11.6 Å². The molecule has 1 rings (SSSR count). The van der Waals surface area contributed by atoms with E-state index < -0.39 is 18.1 Å². The Morgan fingerprint density at radius 1 is 1.62 bits per heavy atom. The van der Waals surface area contributed by atoms with Crippen LogP contribution in [0.3, 0.4) is 0 Å². The normalized spacial score (nSPS) is 10.6. The first-order valence-corrected chi connectivity index (χ1v) is 5.01. The van der Waals surface area contributed by atoms with Gasteiger partial charge < -0.3 is 4.74 Å². The minimum absolute atomic E-state index is 0.130. The molecule has 0 atom stereocenters. The van der Waals surface area contributed by atoms with Crippen molar-refractivity contribution in [2.24, 2.45) is 0 Å². The average Bonchev–Trinajstić information content (AvgIpc) is 2.21. The van der Waals surface area contributed by atoms with Gasteiger partial charge in [0.2, 0.25) is 0 Å². The maximum Gasteiger partial charge on any atom is 0.310 e. The molecule has 0 amide bonds. The summed E-state index contributed by atoms with van der Waals surface area (Å²) < 4.78 is 29.6. The molecule has 1 heterocycles. The van der Waals surface area contributed by atoms with Gasteiger partial charge >= 0.3 is 5.97 Å². The SMILES string of the molecule is CCOC(=O)Cc1ccnc(C(F)F)c1Cl. The van der Waals surface area contributed by atoms with E-state index in [1.165, 1.54) is 12.3 Å². The van der Waals surface area contributed by atoms with Crippen molar-refractivity contribution >= 4 is 17.6 Å². The predicted octanol–water partition coefficient (Wildman–Crippen LogP) is 2.78. The molecule has 1 aromatic heterocycles. The zero-order valence-corrected chi connectivity index (χ0v) is 9.30. The van der Waals surface area contributed by atoms with E-state index in [2.05, 4.69) is 4.98 Å². The lowest BCUT2D eigenvalue weighted by atomic mass is 10.1. The van der Waals surface area contributed by atoms with Crippen molar-refractivity contribution in [2.45, 2.75) is 19.8 Å². The van der Waals surface area contributed by atoms with Crippen molar-refractivity contribution in [2.75, 3.05) is 6.61 Å². The first-order valence-electron chi connectivity index (χ1n) is 4.63. The average molecular weight is 250 g/mol. The maximum absolute atomic E-state index is 12.4. The number of esters is 1. The van der Waals surface area contributed by atoms with Crippen LogP contribution in [0.2, 0.25) is 5.02 Å². The third-order valence-corrected chi connectivity index (χ3v) is 2.28. The molecule has 16 heavy (non-hydrogen) atoms. The highest BCUT2D eigenvalue weighted by Crippen LogP contribution is 2.27. The molecule has 0 N–H and O–H groups in total. The van der Waals surface area contributed by atoms with Gasteiger partial charge in [0.25, 0.3) is 6.43 Å². The highest BCUT2D eigenvalue weighted by atomic mass is 35.5. The summed E-state index contributed by atoms with van der Waals surface area (Å²) in [5, 5.41) is -0.175. The number of hydrogen-bond acceptors (Lipinski definition) is 3. The summed E-state index contributed by atoms with van der Waals surface area (Å²) in [7, 11) is 0. The van der Waals surface area contributed by atoms with E-state index in [0.717, 1.165) is 0 Å². The second-order valence-electron chi connectivity index (χ2n) is 2.95. The van der Waals surface area contributed by atoms with Gasteiger partial charge in [-0.25, -0.2) is 8.78 Å². The Morgan fingerprint density at radius 3 is 2.88 bits per heavy atom. The van der Waals surface area contributed by atoms with Gasteiger partial charge in [-0.2, -0.15) is 0 Å². The molecule has 0 unspecified atom stereocenters. The second-order valence-corrected chi connectivity index (χ2v) is 3.33. The number of carbonyl (C=O) groups is 1. The summed E-state index contributed by atoms with van der Waals surface area (Å²) in [4.78, 5) is 14.6. The first kappa shape index (κ1) is 12.8. The molecule has 1 aromatic rings. The molecule has 6 heteroatoms. The monoisotopic (exact) mass is 249 g/mol. The van der Waals surface area contributed by atoms with Crippen LogP contribution in [0.4, 0.5) is 8.78 Å². The van der Waals surface area contributed by atoms with Crippen LogP contribution < -0.4 is 0 Å². The summed E-state index contributed by atoms with van der Waals surface area (Å²) in [5.74, 6) is -0.504.